The number of hydrogen-bond donors (Lipinski definition) is 2. The molecular formula is C40H34N6O4S2. The van der Waals surface area contributed by atoms with E-state index >= 15 is 0 Å². The van der Waals surface area contributed by atoms with Gasteiger partial charge in [-0.1, -0.05) is 72.8 Å². The summed E-state index contributed by atoms with van der Waals surface area (Å²) >= 11 is 2.61. The van der Waals surface area contributed by atoms with E-state index in [2.05, 4.69) is 9.97 Å². The van der Waals surface area contributed by atoms with Crippen LogP contribution in [0.1, 0.15) is 41.6 Å². The average Bonchev–Trinajstić information content (AvgIpc) is 3.95. The summed E-state index contributed by atoms with van der Waals surface area (Å²) in [6.45, 7) is 4.83. The van der Waals surface area contributed by atoms with Crippen LogP contribution >= 0.6 is 22.7 Å². The number of hydrogen-bond acceptors (Lipinski definition) is 8. The molecule has 260 valence electrons. The summed E-state index contributed by atoms with van der Waals surface area (Å²) in [7, 11) is 0. The Bertz CT molecular complexity index is 2370. The molecule has 0 aliphatic heterocycles. The number of rotatable bonds is 10. The Hall–Kier alpha value is -6.24. The highest BCUT2D eigenvalue weighted by Crippen LogP contribution is 2.35. The Morgan fingerprint density at radius 1 is 0.596 bits per heavy atom. The summed E-state index contributed by atoms with van der Waals surface area (Å²) < 4.78 is 15.7. The lowest BCUT2D eigenvalue weighted by molar-refractivity contribution is 0.0991. The lowest BCUT2D eigenvalue weighted by Gasteiger charge is -2.08. The molecule has 0 aliphatic carbocycles. The Morgan fingerprint density at radius 3 is 1.38 bits per heavy atom. The van der Waals surface area contributed by atoms with Crippen molar-refractivity contribution in [3.63, 3.8) is 0 Å². The molecule has 12 heteroatoms. The van der Waals surface area contributed by atoms with Crippen LogP contribution in [-0.4, -0.2) is 30.9 Å². The van der Waals surface area contributed by atoms with Gasteiger partial charge >= 0.3 is 0 Å². The van der Waals surface area contributed by atoms with Crippen molar-refractivity contribution in [3.05, 3.63) is 154 Å². The molecule has 2 amide bonds. The van der Waals surface area contributed by atoms with Gasteiger partial charge in [-0.15, -0.1) is 22.7 Å². The van der Waals surface area contributed by atoms with Crippen LogP contribution in [0.3, 0.4) is 0 Å². The first-order valence-corrected chi connectivity index (χ1v) is 18.0. The maximum absolute atomic E-state index is 11.9. The number of carbonyl (C=O) groups is 2. The number of carbonyl (C=O) groups excluding carboxylic acids is 2. The van der Waals surface area contributed by atoms with Gasteiger partial charge in [-0.25, -0.2) is 9.97 Å². The number of amides is 2. The van der Waals surface area contributed by atoms with Crippen molar-refractivity contribution in [2.24, 2.45) is 11.5 Å². The van der Waals surface area contributed by atoms with E-state index < -0.39 is 11.8 Å². The molecule has 0 saturated heterocycles. The van der Waals surface area contributed by atoms with E-state index in [0.717, 1.165) is 54.3 Å². The number of fused-ring (bicyclic) bond motifs is 2. The molecule has 10 nitrogen and oxygen atoms in total. The molecule has 4 heterocycles. The van der Waals surface area contributed by atoms with Gasteiger partial charge in [0.15, 0.2) is 0 Å². The predicted octanol–water partition coefficient (Wildman–Crippen LogP) is 8.15. The van der Waals surface area contributed by atoms with Gasteiger partial charge in [0.1, 0.15) is 57.1 Å². The quantitative estimate of drug-likeness (QED) is 0.146. The molecule has 0 radical (unpaired) electrons. The molecule has 0 spiro atoms. The first kappa shape index (κ1) is 34.2. The summed E-state index contributed by atoms with van der Waals surface area (Å²) in [5.74, 6) is 0.00739. The van der Waals surface area contributed by atoms with Crippen LogP contribution in [-0.2, 0) is 13.2 Å². The van der Waals surface area contributed by atoms with Crippen molar-refractivity contribution in [1.29, 1.82) is 0 Å². The normalized spacial score (nSPS) is 11.0. The number of primary amides is 2. The molecule has 8 aromatic rings. The Kier molecular flexibility index (Phi) is 9.83. The number of nitrogens with two attached hydrogens (primary N) is 2. The number of para-hydroxylation sites is 4. The summed E-state index contributed by atoms with van der Waals surface area (Å²) in [6.07, 6.45) is 3.48. The maximum Gasteiger partial charge on any atom is 0.262 e. The summed E-state index contributed by atoms with van der Waals surface area (Å²) in [5.41, 5.74) is 19.3. The molecular weight excluding hydrogens is 693 g/mol. The van der Waals surface area contributed by atoms with Crippen LogP contribution in [0.15, 0.2) is 122 Å². The summed E-state index contributed by atoms with van der Waals surface area (Å²) in [5, 5.41) is 1.68. The molecule has 8 rings (SSSR count). The van der Waals surface area contributed by atoms with E-state index in [1.54, 1.807) is 12.7 Å². The maximum atomic E-state index is 11.9. The number of imidazole rings is 2. The smallest absolute Gasteiger partial charge is 0.262 e. The molecule has 0 saturated carbocycles. The minimum Gasteiger partial charge on any atom is -0.487 e. The Labute approximate surface area is 307 Å². The third kappa shape index (κ3) is 7.15. The van der Waals surface area contributed by atoms with Crippen LogP contribution in [0.2, 0.25) is 0 Å². The van der Waals surface area contributed by atoms with Gasteiger partial charge in [-0.05, 0) is 60.4 Å². The second kappa shape index (κ2) is 14.9. The minimum atomic E-state index is -0.495. The third-order valence-electron chi connectivity index (χ3n) is 8.49. The van der Waals surface area contributed by atoms with E-state index in [-0.39, 0.29) is 0 Å². The minimum absolute atomic E-state index is 0.383. The predicted molar refractivity (Wildman–Crippen MR) is 206 cm³/mol. The van der Waals surface area contributed by atoms with Crippen LogP contribution in [0, 0.1) is 13.8 Å². The fourth-order valence-corrected chi connectivity index (χ4v) is 7.52. The van der Waals surface area contributed by atoms with Crippen molar-refractivity contribution >= 4 is 56.6 Å². The van der Waals surface area contributed by atoms with E-state index in [1.807, 2.05) is 132 Å². The van der Waals surface area contributed by atoms with E-state index in [0.29, 0.717) is 34.5 Å². The van der Waals surface area contributed by atoms with Gasteiger partial charge in [-0.3, -0.25) is 18.7 Å². The topological polar surface area (TPSA) is 140 Å². The molecule has 0 unspecified atom stereocenters. The first-order valence-electron chi connectivity index (χ1n) is 16.3. The van der Waals surface area contributed by atoms with Gasteiger partial charge in [0.05, 0.1) is 22.1 Å². The number of aromatic nitrogens is 4. The van der Waals surface area contributed by atoms with Crippen molar-refractivity contribution in [1.82, 2.24) is 19.1 Å². The lowest BCUT2D eigenvalue weighted by Crippen LogP contribution is -2.10. The molecule has 4 aromatic heterocycles. The molecule has 52 heavy (non-hydrogen) atoms. The van der Waals surface area contributed by atoms with Crippen molar-refractivity contribution in [2.75, 3.05) is 0 Å². The number of nitrogens with zero attached hydrogens (tertiary/aromatic N) is 4. The van der Waals surface area contributed by atoms with Gasteiger partial charge in [-0.2, -0.15) is 0 Å². The first-order chi connectivity index (χ1) is 25.3. The van der Waals surface area contributed by atoms with Crippen LogP contribution in [0.25, 0.3) is 32.1 Å². The highest BCUT2D eigenvalue weighted by molar-refractivity contribution is 7.17. The Balaban J connectivity index is 0.000000162. The zero-order valence-electron chi connectivity index (χ0n) is 28.4. The number of thiophene rings is 2. The van der Waals surface area contributed by atoms with E-state index in [9.17, 15) is 9.59 Å². The molecule has 0 bridgehead atoms. The van der Waals surface area contributed by atoms with E-state index in [4.69, 9.17) is 20.9 Å². The van der Waals surface area contributed by atoms with Crippen LogP contribution < -0.4 is 20.9 Å². The zero-order valence-corrected chi connectivity index (χ0v) is 30.0. The van der Waals surface area contributed by atoms with Crippen LogP contribution in [0.4, 0.5) is 0 Å². The second-order valence-electron chi connectivity index (χ2n) is 11.9. The standard InChI is InChI=1S/2C20H17N3O2S/c2*1-13-6-2-3-7-14(13)11-25-17-10-18(26-19(17)20(21)24)23-12-22-15-8-4-5-9-16(15)23/h2*2-10,12H,11H2,1H3,(H2,21,24). The number of aryl methyl sites for hydroxylation is 2. The molecule has 4 N–H and O–H groups in total. The Morgan fingerprint density at radius 2 is 0.981 bits per heavy atom. The van der Waals surface area contributed by atoms with Gasteiger partial charge in [0, 0.05) is 12.1 Å². The summed E-state index contributed by atoms with van der Waals surface area (Å²) in [4.78, 5) is 33.4. The third-order valence-corrected chi connectivity index (χ3v) is 10.7. The monoisotopic (exact) mass is 726 g/mol. The fraction of sp³-hybridized carbons (Fsp3) is 0.100. The number of ether oxygens (including phenoxy) is 2. The van der Waals surface area contributed by atoms with Gasteiger partial charge in [0.2, 0.25) is 0 Å². The van der Waals surface area contributed by atoms with E-state index in [1.165, 1.54) is 22.7 Å². The van der Waals surface area contributed by atoms with Crippen molar-refractivity contribution < 1.29 is 19.1 Å². The highest BCUT2D eigenvalue weighted by Gasteiger charge is 2.19. The summed E-state index contributed by atoms with van der Waals surface area (Å²) in [6, 6.07) is 35.4. The second-order valence-corrected chi connectivity index (χ2v) is 14.0. The lowest BCUT2D eigenvalue weighted by atomic mass is 10.1. The molecule has 0 atom stereocenters. The largest absolute Gasteiger partial charge is 0.487 e. The van der Waals surface area contributed by atoms with Gasteiger partial charge in [0.25, 0.3) is 11.8 Å². The van der Waals surface area contributed by atoms with Crippen molar-refractivity contribution in [2.45, 2.75) is 27.1 Å². The van der Waals surface area contributed by atoms with Gasteiger partial charge < -0.3 is 20.9 Å². The molecule has 0 fully saturated rings. The molecule has 0 aliphatic rings. The average molecular weight is 727 g/mol. The SMILES string of the molecule is Cc1ccccc1COc1cc(-n2cnc3ccccc32)sc1C(N)=O.Cc1ccccc1COc1cc(-n2cnc3ccccc32)sc1C(N)=O. The fourth-order valence-electron chi connectivity index (χ4n) is 5.64. The zero-order chi connectivity index (χ0) is 36.2. The van der Waals surface area contributed by atoms with Crippen molar-refractivity contribution in [3.8, 4) is 21.5 Å². The highest BCUT2D eigenvalue weighted by atomic mass is 32.1. The molecule has 4 aromatic carbocycles. The number of benzene rings is 4. The van der Waals surface area contributed by atoms with Crippen LogP contribution in [0.5, 0.6) is 11.5 Å².